The predicted molar refractivity (Wildman–Crippen MR) is 75.8 cm³/mol. The molecule has 1 aromatic rings. The maximum atomic E-state index is 11.5. The number of amides is 1. The second kappa shape index (κ2) is 6.86. The average molecular weight is 280 g/mol. The summed E-state index contributed by atoms with van der Waals surface area (Å²) in [6.45, 7) is 1.85. The first-order valence-electron chi connectivity index (χ1n) is 5.60. The molecule has 1 aromatic carbocycles. The lowest BCUT2D eigenvalue weighted by molar-refractivity contribution is -0.111. The first-order valence-corrected chi connectivity index (χ1v) is 7.32. The molecule has 0 fully saturated rings. The average Bonchev–Trinajstić information content (AvgIpc) is 2.30. The molecular weight excluding hydrogens is 264 g/mol. The number of nitrogens with two attached hydrogens (primary N) is 1. The molecule has 5 nitrogen and oxygen atoms in total. The van der Waals surface area contributed by atoms with E-state index in [4.69, 9.17) is 5.14 Å². The summed E-state index contributed by atoms with van der Waals surface area (Å²) >= 11 is 0. The highest BCUT2D eigenvalue weighted by Gasteiger charge is 2.05. The number of benzene rings is 1. The number of nitrogens with one attached hydrogen (secondary N) is 1. The van der Waals surface area contributed by atoms with Gasteiger partial charge in [-0.15, -0.1) is 0 Å². The highest BCUT2D eigenvalue weighted by atomic mass is 32.2. The van der Waals surface area contributed by atoms with Crippen molar-refractivity contribution in [3.8, 4) is 0 Å². The lowest BCUT2D eigenvalue weighted by Gasteiger charge is -2.03. The van der Waals surface area contributed by atoms with Crippen LogP contribution < -0.4 is 10.5 Å². The molecule has 0 saturated heterocycles. The van der Waals surface area contributed by atoms with Gasteiger partial charge in [-0.3, -0.25) is 4.79 Å². The molecule has 0 radical (unpaired) electrons. The van der Waals surface area contributed by atoms with Crippen LogP contribution in [0.4, 0.5) is 5.69 Å². The van der Waals surface area contributed by atoms with Gasteiger partial charge in [-0.1, -0.05) is 30.4 Å². The fraction of sp³-hybridized carbons (Fsp3) is 0.154. The largest absolute Gasteiger partial charge is 0.323 e. The van der Waals surface area contributed by atoms with Crippen molar-refractivity contribution in [3.05, 3.63) is 54.1 Å². The zero-order chi connectivity index (χ0) is 14.3. The van der Waals surface area contributed by atoms with Crippen LogP contribution in [0.5, 0.6) is 0 Å². The van der Waals surface area contributed by atoms with E-state index in [0.717, 1.165) is 0 Å². The van der Waals surface area contributed by atoms with Crippen molar-refractivity contribution in [1.82, 2.24) is 0 Å². The molecule has 3 N–H and O–H groups in total. The lowest BCUT2D eigenvalue weighted by atomic mass is 10.2. The number of rotatable bonds is 5. The first-order chi connectivity index (χ1) is 8.90. The van der Waals surface area contributed by atoms with Crippen molar-refractivity contribution in [2.45, 2.75) is 12.7 Å². The van der Waals surface area contributed by atoms with E-state index in [1.54, 1.807) is 36.4 Å². The minimum absolute atomic E-state index is 0.220. The van der Waals surface area contributed by atoms with Gasteiger partial charge in [0, 0.05) is 11.8 Å². The van der Waals surface area contributed by atoms with Gasteiger partial charge in [0.1, 0.15) is 0 Å². The normalized spacial score (nSPS) is 12.1. The molecule has 6 heteroatoms. The van der Waals surface area contributed by atoms with Gasteiger partial charge in [0.25, 0.3) is 0 Å². The maximum Gasteiger partial charge on any atom is 0.248 e. The van der Waals surface area contributed by atoms with Crippen LogP contribution in [0.1, 0.15) is 12.5 Å². The van der Waals surface area contributed by atoms with Crippen molar-refractivity contribution in [2.75, 3.05) is 5.32 Å². The van der Waals surface area contributed by atoms with Crippen LogP contribution >= 0.6 is 0 Å². The van der Waals surface area contributed by atoms with E-state index >= 15 is 0 Å². The molecule has 0 heterocycles. The summed E-state index contributed by atoms with van der Waals surface area (Å²) in [4.78, 5) is 11.5. The minimum Gasteiger partial charge on any atom is -0.323 e. The monoisotopic (exact) mass is 280 g/mol. The third kappa shape index (κ3) is 6.54. The number of allylic oxidation sites excluding steroid dienone is 3. The van der Waals surface area contributed by atoms with E-state index in [0.29, 0.717) is 11.3 Å². The summed E-state index contributed by atoms with van der Waals surface area (Å²) in [6, 6.07) is 6.47. The van der Waals surface area contributed by atoms with E-state index in [9.17, 15) is 13.2 Å². The molecular formula is C13H16N2O3S. The Bertz CT molecular complexity index is 587. The van der Waals surface area contributed by atoms with Crippen LogP contribution in [0.2, 0.25) is 0 Å². The predicted octanol–water partition coefficient (Wildman–Crippen LogP) is 1.55. The van der Waals surface area contributed by atoms with Crippen LogP contribution in [0.25, 0.3) is 0 Å². The number of sulfonamides is 1. The van der Waals surface area contributed by atoms with Gasteiger partial charge in [0.2, 0.25) is 15.9 Å². The van der Waals surface area contributed by atoms with Gasteiger partial charge < -0.3 is 5.32 Å². The molecule has 1 rings (SSSR count). The molecule has 0 spiro atoms. The second-order valence-corrected chi connectivity index (χ2v) is 5.49. The Labute approximate surface area is 112 Å². The number of anilines is 1. The molecule has 102 valence electrons. The van der Waals surface area contributed by atoms with Crippen molar-refractivity contribution in [3.63, 3.8) is 0 Å². The van der Waals surface area contributed by atoms with E-state index in [1.165, 1.54) is 6.08 Å². The number of hydrogen-bond donors (Lipinski definition) is 2. The van der Waals surface area contributed by atoms with Crippen LogP contribution in [-0.4, -0.2) is 14.3 Å². The van der Waals surface area contributed by atoms with Crippen molar-refractivity contribution in [2.24, 2.45) is 5.14 Å². The van der Waals surface area contributed by atoms with E-state index < -0.39 is 10.0 Å². The number of primary sulfonamides is 1. The molecule has 0 bridgehead atoms. The Morgan fingerprint density at radius 3 is 2.42 bits per heavy atom. The Balaban J connectivity index is 2.64. The molecule has 0 aliphatic carbocycles. The van der Waals surface area contributed by atoms with Crippen LogP contribution in [0.3, 0.4) is 0 Å². The Hall–Kier alpha value is -1.92. The quantitative estimate of drug-likeness (QED) is 0.633. The van der Waals surface area contributed by atoms with Gasteiger partial charge >= 0.3 is 0 Å². The van der Waals surface area contributed by atoms with E-state index in [2.05, 4.69) is 5.32 Å². The fourth-order valence-corrected chi connectivity index (χ4v) is 2.01. The third-order valence-electron chi connectivity index (χ3n) is 2.14. The fourth-order valence-electron chi connectivity index (χ4n) is 1.35. The van der Waals surface area contributed by atoms with Crippen molar-refractivity contribution >= 4 is 21.6 Å². The van der Waals surface area contributed by atoms with Gasteiger partial charge in [0.15, 0.2) is 0 Å². The third-order valence-corrected chi connectivity index (χ3v) is 2.88. The summed E-state index contributed by atoms with van der Waals surface area (Å²) in [7, 11) is -3.53. The standard InChI is InChI=1S/C13H16N2O3S/c1-2-3-4-5-13(16)15-12-8-6-11(7-9-12)10-19(14,17)18/h2-9H,10H2,1H3,(H,15,16)(H2,14,17,18). The highest BCUT2D eigenvalue weighted by Crippen LogP contribution is 2.11. The Morgan fingerprint density at radius 2 is 1.89 bits per heavy atom. The van der Waals surface area contributed by atoms with Gasteiger partial charge in [-0.05, 0) is 24.6 Å². The topological polar surface area (TPSA) is 89.3 Å². The molecule has 0 unspecified atom stereocenters. The number of carbonyl (C=O) groups excluding carboxylic acids is 1. The molecule has 19 heavy (non-hydrogen) atoms. The summed E-state index contributed by atoms with van der Waals surface area (Å²) < 4.78 is 21.8. The van der Waals surface area contributed by atoms with Crippen LogP contribution in [0.15, 0.2) is 48.6 Å². The van der Waals surface area contributed by atoms with Gasteiger partial charge in [-0.2, -0.15) is 0 Å². The second-order valence-electron chi connectivity index (χ2n) is 3.88. The highest BCUT2D eigenvalue weighted by molar-refractivity contribution is 7.88. The maximum absolute atomic E-state index is 11.5. The first kappa shape index (κ1) is 15.1. The molecule has 0 atom stereocenters. The molecule has 1 amide bonds. The Morgan fingerprint density at radius 1 is 1.26 bits per heavy atom. The van der Waals surface area contributed by atoms with Gasteiger partial charge in [-0.25, -0.2) is 13.6 Å². The van der Waals surface area contributed by atoms with Gasteiger partial charge in [0.05, 0.1) is 5.75 Å². The zero-order valence-corrected chi connectivity index (χ0v) is 11.4. The van der Waals surface area contributed by atoms with Crippen molar-refractivity contribution in [1.29, 1.82) is 0 Å². The van der Waals surface area contributed by atoms with Crippen molar-refractivity contribution < 1.29 is 13.2 Å². The molecule has 0 aromatic heterocycles. The molecule has 0 saturated carbocycles. The number of hydrogen-bond acceptors (Lipinski definition) is 3. The minimum atomic E-state index is -3.53. The summed E-state index contributed by atoms with van der Waals surface area (Å²) in [6.07, 6.45) is 6.59. The Kier molecular flexibility index (Phi) is 5.47. The molecule has 0 aliphatic rings. The van der Waals surface area contributed by atoms with E-state index in [-0.39, 0.29) is 11.7 Å². The van der Waals surface area contributed by atoms with E-state index in [1.807, 2.05) is 13.0 Å². The smallest absolute Gasteiger partial charge is 0.248 e. The summed E-state index contributed by atoms with van der Waals surface area (Å²) in [5.74, 6) is -0.472. The lowest BCUT2D eigenvalue weighted by Crippen LogP contribution is -2.14. The summed E-state index contributed by atoms with van der Waals surface area (Å²) in [5.41, 5.74) is 1.17. The van der Waals surface area contributed by atoms with Crippen LogP contribution in [-0.2, 0) is 20.6 Å². The number of carbonyl (C=O) groups is 1. The zero-order valence-electron chi connectivity index (χ0n) is 10.5. The SMILES string of the molecule is CC=CC=CC(=O)Nc1ccc(CS(N)(=O)=O)cc1. The molecule has 0 aliphatic heterocycles. The van der Waals surface area contributed by atoms with Crippen LogP contribution in [0, 0.1) is 0 Å². The summed E-state index contributed by atoms with van der Waals surface area (Å²) in [5, 5.41) is 7.59.